The maximum atomic E-state index is 11.6. The van der Waals surface area contributed by atoms with Crippen molar-refractivity contribution in [3.8, 4) is 11.5 Å². The Morgan fingerprint density at radius 2 is 1.80 bits per heavy atom. The standard InChI is InChI=1S/C17H18O3/c1-3-17(18)14-5-4-6-16(11-14)20-12-13-7-9-15(19-2)10-8-13/h4-11H,3,12H2,1-2H3. The first-order valence-corrected chi connectivity index (χ1v) is 6.62. The molecule has 3 heteroatoms. The molecular weight excluding hydrogens is 252 g/mol. The molecule has 0 heterocycles. The van der Waals surface area contributed by atoms with Crippen molar-refractivity contribution in [1.29, 1.82) is 0 Å². The second kappa shape index (κ2) is 6.75. The SMILES string of the molecule is CCC(=O)c1cccc(OCc2ccc(OC)cc2)c1. The highest BCUT2D eigenvalue weighted by atomic mass is 16.5. The van der Waals surface area contributed by atoms with Crippen LogP contribution in [0.3, 0.4) is 0 Å². The molecule has 0 aliphatic carbocycles. The topological polar surface area (TPSA) is 35.5 Å². The average Bonchev–Trinajstić information content (AvgIpc) is 2.53. The molecule has 0 radical (unpaired) electrons. The fourth-order valence-corrected chi connectivity index (χ4v) is 1.85. The van der Waals surface area contributed by atoms with Crippen LogP contribution in [0.2, 0.25) is 0 Å². The summed E-state index contributed by atoms with van der Waals surface area (Å²) in [6, 6.07) is 15.0. The van der Waals surface area contributed by atoms with Crippen molar-refractivity contribution in [2.45, 2.75) is 20.0 Å². The summed E-state index contributed by atoms with van der Waals surface area (Å²) in [7, 11) is 1.64. The lowest BCUT2D eigenvalue weighted by molar-refractivity contribution is 0.0987. The second-order valence-electron chi connectivity index (χ2n) is 4.44. The van der Waals surface area contributed by atoms with Gasteiger partial charge < -0.3 is 9.47 Å². The van der Waals surface area contributed by atoms with E-state index in [1.54, 1.807) is 13.2 Å². The summed E-state index contributed by atoms with van der Waals surface area (Å²) in [5.74, 6) is 1.66. The predicted molar refractivity (Wildman–Crippen MR) is 78.4 cm³/mol. The number of benzene rings is 2. The molecule has 0 N–H and O–H groups in total. The van der Waals surface area contributed by atoms with Gasteiger partial charge in [-0.15, -0.1) is 0 Å². The maximum absolute atomic E-state index is 11.6. The zero-order valence-electron chi connectivity index (χ0n) is 11.8. The number of ether oxygens (including phenoxy) is 2. The molecule has 0 saturated carbocycles. The van der Waals surface area contributed by atoms with Crippen molar-refractivity contribution in [2.75, 3.05) is 7.11 Å². The molecule has 0 amide bonds. The van der Waals surface area contributed by atoms with Crippen LogP contribution in [0, 0.1) is 0 Å². The van der Waals surface area contributed by atoms with Gasteiger partial charge in [0.2, 0.25) is 0 Å². The number of carbonyl (C=O) groups is 1. The zero-order chi connectivity index (χ0) is 14.4. The van der Waals surface area contributed by atoms with E-state index in [1.807, 2.05) is 49.4 Å². The van der Waals surface area contributed by atoms with E-state index in [4.69, 9.17) is 9.47 Å². The Labute approximate surface area is 119 Å². The molecule has 20 heavy (non-hydrogen) atoms. The van der Waals surface area contributed by atoms with Crippen LogP contribution in [-0.2, 0) is 6.61 Å². The first-order chi connectivity index (χ1) is 9.72. The Kier molecular flexibility index (Phi) is 4.77. The molecule has 0 fully saturated rings. The van der Waals surface area contributed by atoms with Crippen LogP contribution in [0.1, 0.15) is 29.3 Å². The third kappa shape index (κ3) is 3.60. The minimum absolute atomic E-state index is 0.125. The highest BCUT2D eigenvalue weighted by molar-refractivity contribution is 5.96. The molecule has 0 saturated heterocycles. The van der Waals surface area contributed by atoms with Crippen LogP contribution in [0.5, 0.6) is 11.5 Å². The summed E-state index contributed by atoms with van der Waals surface area (Å²) in [5, 5.41) is 0. The van der Waals surface area contributed by atoms with Gasteiger partial charge in [-0.25, -0.2) is 0 Å². The smallest absolute Gasteiger partial charge is 0.162 e. The minimum Gasteiger partial charge on any atom is -0.497 e. The Morgan fingerprint density at radius 3 is 2.45 bits per heavy atom. The van der Waals surface area contributed by atoms with E-state index in [9.17, 15) is 4.79 Å². The van der Waals surface area contributed by atoms with Crippen LogP contribution in [0.25, 0.3) is 0 Å². The molecular formula is C17H18O3. The van der Waals surface area contributed by atoms with Gasteiger partial charge in [-0.05, 0) is 29.8 Å². The van der Waals surface area contributed by atoms with Crippen LogP contribution in [0.15, 0.2) is 48.5 Å². The van der Waals surface area contributed by atoms with Gasteiger partial charge in [-0.2, -0.15) is 0 Å². The second-order valence-corrected chi connectivity index (χ2v) is 4.44. The fourth-order valence-electron chi connectivity index (χ4n) is 1.85. The highest BCUT2D eigenvalue weighted by Gasteiger charge is 2.04. The molecule has 0 unspecified atom stereocenters. The third-order valence-corrected chi connectivity index (χ3v) is 3.04. The minimum atomic E-state index is 0.125. The van der Waals surface area contributed by atoms with Gasteiger partial charge in [0.05, 0.1) is 7.11 Å². The molecule has 2 rings (SSSR count). The number of Topliss-reactive ketones (excluding diaryl/α,β-unsaturated/α-hetero) is 1. The summed E-state index contributed by atoms with van der Waals surface area (Å²) in [4.78, 5) is 11.6. The van der Waals surface area contributed by atoms with Crippen LogP contribution >= 0.6 is 0 Å². The van der Waals surface area contributed by atoms with Crippen molar-refractivity contribution >= 4 is 5.78 Å². The number of rotatable bonds is 6. The Morgan fingerprint density at radius 1 is 1.05 bits per heavy atom. The first-order valence-electron chi connectivity index (χ1n) is 6.62. The molecule has 0 aliphatic heterocycles. The van der Waals surface area contributed by atoms with Crippen molar-refractivity contribution in [1.82, 2.24) is 0 Å². The Balaban J connectivity index is 2.01. The fraction of sp³-hybridized carbons (Fsp3) is 0.235. The lowest BCUT2D eigenvalue weighted by atomic mass is 10.1. The summed E-state index contributed by atoms with van der Waals surface area (Å²) < 4.78 is 10.8. The van der Waals surface area contributed by atoms with E-state index >= 15 is 0 Å². The van der Waals surface area contributed by atoms with E-state index in [0.29, 0.717) is 24.3 Å². The zero-order valence-corrected chi connectivity index (χ0v) is 11.8. The van der Waals surface area contributed by atoms with E-state index in [-0.39, 0.29) is 5.78 Å². The molecule has 2 aromatic rings. The van der Waals surface area contributed by atoms with Gasteiger partial charge >= 0.3 is 0 Å². The highest BCUT2D eigenvalue weighted by Crippen LogP contribution is 2.17. The normalized spacial score (nSPS) is 10.1. The van der Waals surface area contributed by atoms with Gasteiger partial charge in [0.25, 0.3) is 0 Å². The van der Waals surface area contributed by atoms with E-state index in [2.05, 4.69) is 0 Å². The monoisotopic (exact) mass is 270 g/mol. The molecule has 0 aromatic heterocycles. The lowest BCUT2D eigenvalue weighted by Crippen LogP contribution is -1.99. The molecule has 3 nitrogen and oxygen atoms in total. The van der Waals surface area contributed by atoms with Crippen LogP contribution in [0.4, 0.5) is 0 Å². The predicted octanol–water partition coefficient (Wildman–Crippen LogP) is 3.87. The van der Waals surface area contributed by atoms with E-state index in [0.717, 1.165) is 11.3 Å². The number of methoxy groups -OCH3 is 1. The third-order valence-electron chi connectivity index (χ3n) is 3.04. The van der Waals surface area contributed by atoms with Crippen molar-refractivity contribution < 1.29 is 14.3 Å². The first kappa shape index (κ1) is 14.1. The number of hydrogen-bond acceptors (Lipinski definition) is 3. The van der Waals surface area contributed by atoms with Crippen molar-refractivity contribution in [3.63, 3.8) is 0 Å². The summed E-state index contributed by atoms with van der Waals surface area (Å²) in [6.45, 7) is 2.32. The van der Waals surface area contributed by atoms with Gasteiger partial charge in [-0.3, -0.25) is 4.79 Å². The van der Waals surface area contributed by atoms with E-state index in [1.165, 1.54) is 0 Å². The van der Waals surface area contributed by atoms with Gasteiger partial charge in [0.15, 0.2) is 5.78 Å². The molecule has 0 atom stereocenters. The van der Waals surface area contributed by atoms with Crippen molar-refractivity contribution in [3.05, 3.63) is 59.7 Å². The lowest BCUT2D eigenvalue weighted by Gasteiger charge is -2.08. The maximum Gasteiger partial charge on any atom is 0.162 e. The molecule has 104 valence electrons. The van der Waals surface area contributed by atoms with Crippen molar-refractivity contribution in [2.24, 2.45) is 0 Å². The summed E-state index contributed by atoms with van der Waals surface area (Å²) >= 11 is 0. The quantitative estimate of drug-likeness (QED) is 0.747. The summed E-state index contributed by atoms with van der Waals surface area (Å²) in [5.41, 5.74) is 1.75. The number of carbonyl (C=O) groups excluding carboxylic acids is 1. The van der Waals surface area contributed by atoms with Gasteiger partial charge in [0.1, 0.15) is 18.1 Å². The number of hydrogen-bond donors (Lipinski definition) is 0. The van der Waals surface area contributed by atoms with Gasteiger partial charge in [-0.1, -0.05) is 31.2 Å². The summed E-state index contributed by atoms with van der Waals surface area (Å²) in [6.07, 6.45) is 0.502. The Bertz CT molecular complexity index is 573. The number of ketones is 1. The molecule has 0 aliphatic rings. The molecule has 0 spiro atoms. The molecule has 0 bridgehead atoms. The molecule has 2 aromatic carbocycles. The van der Waals surface area contributed by atoms with Crippen LogP contribution < -0.4 is 9.47 Å². The largest absolute Gasteiger partial charge is 0.497 e. The Hall–Kier alpha value is -2.29. The average molecular weight is 270 g/mol. The van der Waals surface area contributed by atoms with Gasteiger partial charge in [0, 0.05) is 12.0 Å². The van der Waals surface area contributed by atoms with Crippen LogP contribution in [-0.4, -0.2) is 12.9 Å². The van der Waals surface area contributed by atoms with E-state index < -0.39 is 0 Å².